The lowest BCUT2D eigenvalue weighted by molar-refractivity contribution is 0.993. The van der Waals surface area contributed by atoms with Crippen molar-refractivity contribution in [1.29, 1.82) is 0 Å². The Bertz CT molecular complexity index is 1170. The summed E-state index contributed by atoms with van der Waals surface area (Å²) >= 11 is 9.81. The zero-order chi connectivity index (χ0) is 18.5. The van der Waals surface area contributed by atoms with Crippen LogP contribution in [0.3, 0.4) is 0 Å². The summed E-state index contributed by atoms with van der Waals surface area (Å²) in [6.07, 6.45) is 0. The van der Waals surface area contributed by atoms with Crippen LogP contribution in [0.25, 0.3) is 16.7 Å². The van der Waals surface area contributed by atoms with Gasteiger partial charge in [-0.3, -0.25) is 4.57 Å². The van der Waals surface area contributed by atoms with Gasteiger partial charge in [0.05, 0.1) is 33.8 Å². The average Bonchev–Trinajstić information content (AvgIpc) is 3.17. The summed E-state index contributed by atoms with van der Waals surface area (Å²) in [5, 5.41) is 3.47. The molecule has 0 bridgehead atoms. The lowest BCUT2D eigenvalue weighted by Gasteiger charge is -2.26. The second-order valence-corrected chi connectivity index (χ2v) is 9.03. The highest BCUT2D eigenvalue weighted by Gasteiger charge is 2.30. The second kappa shape index (κ2) is 6.79. The number of benzene rings is 3. The number of hydrogen-bond acceptors (Lipinski definition) is 3. The van der Waals surface area contributed by atoms with Gasteiger partial charge in [-0.15, -0.1) is 0 Å². The molecule has 0 saturated heterocycles. The van der Waals surface area contributed by atoms with Crippen molar-refractivity contribution in [1.82, 2.24) is 9.55 Å². The van der Waals surface area contributed by atoms with Crippen molar-refractivity contribution in [3.8, 4) is 5.69 Å². The van der Waals surface area contributed by atoms with Gasteiger partial charge in [0.15, 0.2) is 9.81 Å². The molecule has 1 unspecified atom stereocenters. The Morgan fingerprint density at radius 3 is 2.59 bits per heavy atom. The van der Waals surface area contributed by atoms with E-state index in [1.54, 1.807) is 0 Å². The van der Waals surface area contributed by atoms with E-state index in [1.165, 1.54) is 3.57 Å². The summed E-state index contributed by atoms with van der Waals surface area (Å²) in [5.74, 6) is 0. The van der Waals surface area contributed by atoms with Gasteiger partial charge in [-0.05, 0) is 96.9 Å². The van der Waals surface area contributed by atoms with Crippen LogP contribution in [0, 0.1) is 3.57 Å². The van der Waals surface area contributed by atoms with Crippen molar-refractivity contribution < 1.29 is 0 Å². The number of aromatic nitrogens is 2. The first-order valence-electron chi connectivity index (χ1n) is 8.35. The van der Waals surface area contributed by atoms with Crippen LogP contribution in [0.5, 0.6) is 0 Å². The van der Waals surface area contributed by atoms with E-state index in [-0.39, 0.29) is 5.08 Å². The van der Waals surface area contributed by atoms with Crippen LogP contribution in [0.2, 0.25) is 0 Å². The molecule has 134 valence electrons. The molecule has 27 heavy (non-hydrogen) atoms. The number of nitrogens with one attached hydrogen (secondary N) is 1. The van der Waals surface area contributed by atoms with Crippen LogP contribution in [0.1, 0.15) is 0 Å². The predicted octanol–water partition coefficient (Wildman–Crippen LogP) is 6.63. The molecule has 1 aliphatic rings. The topological polar surface area (TPSA) is 33.1 Å². The predicted molar refractivity (Wildman–Crippen MR) is 126 cm³/mol. The van der Waals surface area contributed by atoms with Crippen molar-refractivity contribution in [3.63, 3.8) is 0 Å². The quantitative estimate of drug-likeness (QED) is 0.160. The SMILES string of the molecule is Brc1nc2ccccc2n1-c1ccc(I)cc1N1c2ccccc2NC1Br. The van der Waals surface area contributed by atoms with Gasteiger partial charge in [0.2, 0.25) is 0 Å². The third-order valence-corrected chi connectivity index (χ3v) is 6.46. The molecule has 2 heterocycles. The summed E-state index contributed by atoms with van der Waals surface area (Å²) in [4.78, 5) is 6.95. The van der Waals surface area contributed by atoms with Crippen LogP contribution < -0.4 is 10.2 Å². The molecule has 1 aliphatic heterocycles. The Morgan fingerprint density at radius 1 is 0.926 bits per heavy atom. The third-order valence-electron chi connectivity index (χ3n) is 4.62. The molecule has 7 heteroatoms. The van der Waals surface area contributed by atoms with Gasteiger partial charge in [-0.1, -0.05) is 24.3 Å². The molecule has 0 fully saturated rings. The number of nitrogens with zero attached hydrogens (tertiary/aromatic N) is 3. The molecular weight excluding hydrogens is 583 g/mol. The molecule has 4 nitrogen and oxygen atoms in total. The van der Waals surface area contributed by atoms with Gasteiger partial charge in [-0.25, -0.2) is 4.98 Å². The van der Waals surface area contributed by atoms with E-state index in [2.05, 4.69) is 117 Å². The van der Waals surface area contributed by atoms with Crippen molar-refractivity contribution in [2.75, 3.05) is 10.2 Å². The minimum absolute atomic E-state index is 0.0274. The number of anilines is 3. The molecule has 1 aromatic heterocycles. The minimum atomic E-state index is -0.0274. The molecule has 1 N–H and O–H groups in total. The maximum Gasteiger partial charge on any atom is 0.182 e. The van der Waals surface area contributed by atoms with Gasteiger partial charge in [-0.2, -0.15) is 0 Å². The molecule has 0 spiro atoms. The average molecular weight is 596 g/mol. The first-order valence-corrected chi connectivity index (χ1v) is 11.1. The lowest BCUT2D eigenvalue weighted by atomic mass is 10.2. The maximum absolute atomic E-state index is 4.67. The molecule has 0 amide bonds. The standard InChI is InChI=1S/C20H13Br2IN4/c21-19-24-13-5-1-3-7-15(13)26(19)17-10-9-12(23)11-18(17)27-16-8-4-2-6-14(16)25-20(27)22/h1-11,20,25H. The lowest BCUT2D eigenvalue weighted by Crippen LogP contribution is -2.26. The third kappa shape index (κ3) is 2.87. The van der Waals surface area contributed by atoms with Gasteiger partial charge in [0.25, 0.3) is 0 Å². The highest BCUT2D eigenvalue weighted by Crippen LogP contribution is 2.45. The van der Waals surface area contributed by atoms with Crippen LogP contribution in [0.4, 0.5) is 17.1 Å². The van der Waals surface area contributed by atoms with E-state index >= 15 is 0 Å². The highest BCUT2D eigenvalue weighted by atomic mass is 127. The molecule has 0 saturated carbocycles. The fourth-order valence-electron chi connectivity index (χ4n) is 3.48. The smallest absolute Gasteiger partial charge is 0.182 e. The molecule has 0 aliphatic carbocycles. The molecule has 0 radical (unpaired) electrons. The van der Waals surface area contributed by atoms with Gasteiger partial charge in [0.1, 0.15) is 0 Å². The number of alkyl halides is 1. The van der Waals surface area contributed by atoms with Crippen molar-refractivity contribution in [2.45, 2.75) is 5.08 Å². The Balaban J connectivity index is 1.78. The Morgan fingerprint density at radius 2 is 1.70 bits per heavy atom. The van der Waals surface area contributed by atoms with E-state index in [0.29, 0.717) is 0 Å². The number of imidazole rings is 1. The van der Waals surface area contributed by atoms with E-state index < -0.39 is 0 Å². The van der Waals surface area contributed by atoms with E-state index in [0.717, 1.165) is 38.5 Å². The minimum Gasteiger partial charge on any atom is -0.354 e. The first-order chi connectivity index (χ1) is 13.1. The van der Waals surface area contributed by atoms with E-state index in [9.17, 15) is 0 Å². The number of rotatable bonds is 2. The van der Waals surface area contributed by atoms with Gasteiger partial charge < -0.3 is 10.2 Å². The van der Waals surface area contributed by atoms with Crippen LogP contribution in [-0.4, -0.2) is 14.6 Å². The second-order valence-electron chi connectivity index (χ2n) is 6.21. The van der Waals surface area contributed by atoms with Gasteiger partial charge in [0, 0.05) is 3.57 Å². The first kappa shape index (κ1) is 17.5. The summed E-state index contributed by atoms with van der Waals surface area (Å²) in [5.41, 5.74) is 6.45. The van der Waals surface area contributed by atoms with Crippen molar-refractivity contribution in [2.24, 2.45) is 0 Å². The molecule has 5 rings (SSSR count). The summed E-state index contributed by atoms with van der Waals surface area (Å²) in [6.45, 7) is 0. The largest absolute Gasteiger partial charge is 0.354 e. The van der Waals surface area contributed by atoms with Crippen LogP contribution in [0.15, 0.2) is 71.5 Å². The summed E-state index contributed by atoms with van der Waals surface area (Å²) < 4.78 is 4.12. The highest BCUT2D eigenvalue weighted by molar-refractivity contribution is 14.1. The molecule has 3 aromatic carbocycles. The summed E-state index contributed by atoms with van der Waals surface area (Å²) in [7, 11) is 0. The summed E-state index contributed by atoms with van der Waals surface area (Å²) in [6, 6.07) is 23.0. The van der Waals surface area contributed by atoms with Crippen LogP contribution >= 0.6 is 54.5 Å². The van der Waals surface area contributed by atoms with Crippen LogP contribution in [-0.2, 0) is 0 Å². The number of hydrogen-bond donors (Lipinski definition) is 1. The maximum atomic E-state index is 4.67. The fraction of sp³-hybridized carbons (Fsp3) is 0.0500. The number of para-hydroxylation sites is 4. The number of halogens is 3. The van der Waals surface area contributed by atoms with E-state index in [4.69, 9.17) is 0 Å². The molecule has 4 aromatic rings. The van der Waals surface area contributed by atoms with Gasteiger partial charge >= 0.3 is 0 Å². The van der Waals surface area contributed by atoms with E-state index in [1.807, 2.05) is 24.3 Å². The monoisotopic (exact) mass is 594 g/mol. The Labute approximate surface area is 187 Å². The molecular formula is C20H13Br2IN4. The normalized spacial score (nSPS) is 15.8. The number of fused-ring (bicyclic) bond motifs is 2. The fourth-order valence-corrected chi connectivity index (χ4v) is 5.21. The Hall–Kier alpha value is -1.58. The Kier molecular flexibility index (Phi) is 4.40. The van der Waals surface area contributed by atoms with Crippen molar-refractivity contribution in [3.05, 3.63) is 75.0 Å². The zero-order valence-electron chi connectivity index (χ0n) is 13.9. The zero-order valence-corrected chi connectivity index (χ0v) is 19.2. The molecule has 1 atom stereocenters. The van der Waals surface area contributed by atoms with Crippen molar-refractivity contribution >= 4 is 82.5 Å².